The van der Waals surface area contributed by atoms with Crippen molar-refractivity contribution in [2.75, 3.05) is 0 Å². The van der Waals surface area contributed by atoms with Crippen molar-refractivity contribution in [2.24, 2.45) is 0 Å². The van der Waals surface area contributed by atoms with Gasteiger partial charge in [0.15, 0.2) is 0 Å². The van der Waals surface area contributed by atoms with Gasteiger partial charge in [0.1, 0.15) is 6.10 Å². The summed E-state index contributed by atoms with van der Waals surface area (Å²) in [5.41, 5.74) is 0.928. The number of nitrogens with zero attached hydrogens (tertiary/aromatic N) is 1. The molecular weight excluding hydrogens is 254 g/mol. The van der Waals surface area contributed by atoms with Crippen LogP contribution in [0.25, 0.3) is 0 Å². The molecule has 20 heavy (non-hydrogen) atoms. The van der Waals surface area contributed by atoms with Gasteiger partial charge in [0.05, 0.1) is 6.04 Å². The minimum atomic E-state index is -0.521. The lowest BCUT2D eigenvalue weighted by atomic mass is 10.0. The van der Waals surface area contributed by atoms with Gasteiger partial charge in [-0.1, -0.05) is 50.1 Å². The highest BCUT2D eigenvalue weighted by molar-refractivity contribution is 5.93. The van der Waals surface area contributed by atoms with Gasteiger partial charge < -0.3 is 4.74 Å². The molecule has 2 rings (SSSR count). The molecule has 1 fully saturated rings. The van der Waals surface area contributed by atoms with Crippen molar-refractivity contribution in [3.8, 4) is 0 Å². The van der Waals surface area contributed by atoms with Crippen LogP contribution in [-0.2, 0) is 9.53 Å². The van der Waals surface area contributed by atoms with Crippen molar-refractivity contribution in [3.05, 3.63) is 35.9 Å². The first-order valence-corrected chi connectivity index (χ1v) is 7.22. The standard InChI is InChI=1S/C16H21NO3/c1-3-4-6-11-14(18)17-12(2)15(20-16(17)19)13-9-7-5-8-10-13/h5,7-10,12,15H,3-4,6,11H2,1-2H3/t12-,15-/m1/s1. The Morgan fingerprint density at radius 3 is 2.60 bits per heavy atom. The molecule has 0 unspecified atom stereocenters. The average Bonchev–Trinajstić information content (AvgIpc) is 2.75. The van der Waals surface area contributed by atoms with Crippen molar-refractivity contribution in [2.45, 2.75) is 51.7 Å². The number of rotatable bonds is 5. The summed E-state index contributed by atoms with van der Waals surface area (Å²) in [4.78, 5) is 25.3. The quantitative estimate of drug-likeness (QED) is 0.770. The van der Waals surface area contributed by atoms with Crippen molar-refractivity contribution < 1.29 is 14.3 Å². The molecule has 1 aromatic rings. The predicted molar refractivity (Wildman–Crippen MR) is 76.1 cm³/mol. The molecule has 108 valence electrons. The van der Waals surface area contributed by atoms with E-state index in [2.05, 4.69) is 6.92 Å². The van der Waals surface area contributed by atoms with E-state index in [1.807, 2.05) is 37.3 Å². The first-order chi connectivity index (χ1) is 9.65. The third-order valence-electron chi connectivity index (χ3n) is 3.66. The zero-order valence-corrected chi connectivity index (χ0v) is 12.0. The van der Waals surface area contributed by atoms with Gasteiger partial charge in [0, 0.05) is 6.42 Å². The molecule has 1 heterocycles. The molecule has 0 saturated carbocycles. The summed E-state index contributed by atoms with van der Waals surface area (Å²) in [5, 5.41) is 0. The molecule has 0 aliphatic carbocycles. The maximum absolute atomic E-state index is 12.1. The van der Waals surface area contributed by atoms with Gasteiger partial charge in [-0.15, -0.1) is 0 Å². The number of hydrogen-bond donors (Lipinski definition) is 0. The number of amides is 2. The third-order valence-corrected chi connectivity index (χ3v) is 3.66. The minimum absolute atomic E-state index is 0.130. The second-order valence-corrected chi connectivity index (χ2v) is 5.18. The van der Waals surface area contributed by atoms with E-state index in [-0.39, 0.29) is 18.1 Å². The summed E-state index contributed by atoms with van der Waals surface area (Å²) in [6.45, 7) is 3.95. The van der Waals surface area contributed by atoms with Crippen LogP contribution in [-0.4, -0.2) is 22.9 Å². The molecule has 1 aliphatic rings. The van der Waals surface area contributed by atoms with Crippen LogP contribution in [0, 0.1) is 0 Å². The van der Waals surface area contributed by atoms with Gasteiger partial charge in [-0.25, -0.2) is 9.69 Å². The summed E-state index contributed by atoms with van der Waals surface area (Å²) >= 11 is 0. The van der Waals surface area contributed by atoms with Crippen LogP contribution in [0.3, 0.4) is 0 Å². The normalized spacial score (nSPS) is 21.9. The van der Waals surface area contributed by atoms with Gasteiger partial charge in [0.2, 0.25) is 5.91 Å². The summed E-state index contributed by atoms with van der Waals surface area (Å²) in [7, 11) is 0. The lowest BCUT2D eigenvalue weighted by Gasteiger charge is -2.19. The van der Waals surface area contributed by atoms with Crippen molar-refractivity contribution in [1.29, 1.82) is 0 Å². The molecule has 2 atom stereocenters. The van der Waals surface area contributed by atoms with Crippen LogP contribution in [0.4, 0.5) is 4.79 Å². The van der Waals surface area contributed by atoms with Crippen molar-refractivity contribution in [1.82, 2.24) is 4.90 Å². The molecule has 4 nitrogen and oxygen atoms in total. The van der Waals surface area contributed by atoms with Crippen LogP contribution in [0.5, 0.6) is 0 Å². The highest BCUT2D eigenvalue weighted by Gasteiger charge is 2.42. The molecule has 0 N–H and O–H groups in total. The fourth-order valence-electron chi connectivity index (χ4n) is 2.53. The molecule has 1 saturated heterocycles. The summed E-state index contributed by atoms with van der Waals surface area (Å²) in [6.07, 6.45) is 2.41. The fourth-order valence-corrected chi connectivity index (χ4v) is 2.53. The number of imide groups is 1. The topological polar surface area (TPSA) is 46.6 Å². The number of hydrogen-bond acceptors (Lipinski definition) is 3. The van der Waals surface area contributed by atoms with E-state index in [1.54, 1.807) is 0 Å². The Labute approximate surface area is 119 Å². The van der Waals surface area contributed by atoms with Crippen LogP contribution in [0.2, 0.25) is 0 Å². The van der Waals surface area contributed by atoms with Crippen LogP contribution in [0.1, 0.15) is 51.2 Å². The molecule has 0 bridgehead atoms. The Morgan fingerprint density at radius 1 is 1.25 bits per heavy atom. The number of carbonyl (C=O) groups excluding carboxylic acids is 2. The largest absolute Gasteiger partial charge is 0.439 e. The van der Waals surface area contributed by atoms with Crippen molar-refractivity contribution in [3.63, 3.8) is 0 Å². The summed E-state index contributed by atoms with van der Waals surface area (Å²) in [5.74, 6) is -0.130. The maximum Gasteiger partial charge on any atom is 0.417 e. The predicted octanol–water partition coefficient (Wildman–Crippen LogP) is 3.68. The van der Waals surface area contributed by atoms with Crippen LogP contribution in [0.15, 0.2) is 30.3 Å². The first-order valence-electron chi connectivity index (χ1n) is 7.22. The highest BCUT2D eigenvalue weighted by Crippen LogP contribution is 2.32. The van der Waals surface area contributed by atoms with Gasteiger partial charge >= 0.3 is 6.09 Å². The number of ether oxygens (including phenoxy) is 1. The van der Waals surface area contributed by atoms with Crippen LogP contribution >= 0.6 is 0 Å². The monoisotopic (exact) mass is 275 g/mol. The van der Waals surface area contributed by atoms with E-state index in [4.69, 9.17) is 4.74 Å². The smallest absolute Gasteiger partial charge is 0.417 e. The molecule has 0 spiro atoms. The molecule has 2 amide bonds. The van der Waals surface area contributed by atoms with Gasteiger partial charge in [-0.2, -0.15) is 0 Å². The van der Waals surface area contributed by atoms with E-state index >= 15 is 0 Å². The number of carbonyl (C=O) groups is 2. The van der Waals surface area contributed by atoms with E-state index in [1.165, 1.54) is 4.90 Å². The Kier molecular flexibility index (Phi) is 4.77. The van der Waals surface area contributed by atoms with E-state index in [0.29, 0.717) is 6.42 Å². The van der Waals surface area contributed by atoms with Gasteiger partial charge in [-0.3, -0.25) is 4.79 Å². The third kappa shape index (κ3) is 3.00. The first kappa shape index (κ1) is 14.6. The number of cyclic esters (lactones) is 1. The molecular formula is C16H21NO3. The van der Waals surface area contributed by atoms with Crippen LogP contribution < -0.4 is 0 Å². The fraction of sp³-hybridized carbons (Fsp3) is 0.500. The maximum atomic E-state index is 12.1. The summed E-state index contributed by atoms with van der Waals surface area (Å²) in [6, 6.07) is 9.31. The average molecular weight is 275 g/mol. The molecule has 1 aliphatic heterocycles. The molecule has 1 aromatic carbocycles. The molecule has 4 heteroatoms. The second kappa shape index (κ2) is 6.55. The van der Waals surface area contributed by atoms with E-state index in [9.17, 15) is 9.59 Å². The zero-order chi connectivity index (χ0) is 14.5. The Hall–Kier alpha value is -1.84. The lowest BCUT2D eigenvalue weighted by Crippen LogP contribution is -2.37. The van der Waals surface area contributed by atoms with Crippen molar-refractivity contribution >= 4 is 12.0 Å². The van der Waals surface area contributed by atoms with Gasteiger partial charge in [0.25, 0.3) is 0 Å². The number of unbranched alkanes of at least 4 members (excludes halogenated alkanes) is 2. The summed E-state index contributed by atoms with van der Waals surface area (Å²) < 4.78 is 5.37. The Bertz CT molecular complexity index is 472. The SMILES string of the molecule is CCCCCC(=O)N1C(=O)O[C@@H](c2ccccc2)[C@H]1C. The van der Waals surface area contributed by atoms with E-state index in [0.717, 1.165) is 24.8 Å². The lowest BCUT2D eigenvalue weighted by molar-refractivity contribution is -0.129. The Balaban J connectivity index is 2.05. The molecule has 0 aromatic heterocycles. The molecule has 0 radical (unpaired) electrons. The second-order valence-electron chi connectivity index (χ2n) is 5.18. The van der Waals surface area contributed by atoms with Gasteiger partial charge in [-0.05, 0) is 18.9 Å². The minimum Gasteiger partial charge on any atom is -0.439 e. The Morgan fingerprint density at radius 2 is 1.95 bits per heavy atom. The highest BCUT2D eigenvalue weighted by atomic mass is 16.6. The number of benzene rings is 1. The van der Waals surface area contributed by atoms with E-state index < -0.39 is 6.09 Å². The zero-order valence-electron chi connectivity index (χ0n) is 12.0.